The van der Waals surface area contributed by atoms with Crippen LogP contribution in [0.5, 0.6) is 0 Å². The number of aryl methyl sites for hydroxylation is 1. The first-order valence-corrected chi connectivity index (χ1v) is 10.6. The fourth-order valence-corrected chi connectivity index (χ4v) is 3.67. The van der Waals surface area contributed by atoms with Gasteiger partial charge in [-0.05, 0) is 31.0 Å². The Morgan fingerprint density at radius 3 is 2.69 bits per heavy atom. The fourth-order valence-electron chi connectivity index (χ4n) is 2.93. The van der Waals surface area contributed by atoms with E-state index < -0.39 is 0 Å². The number of nitrogens with one attached hydrogen (secondary N) is 1. The lowest BCUT2D eigenvalue weighted by molar-refractivity contribution is -0.118. The molecule has 29 heavy (non-hydrogen) atoms. The van der Waals surface area contributed by atoms with E-state index in [2.05, 4.69) is 21.6 Å². The summed E-state index contributed by atoms with van der Waals surface area (Å²) in [6.07, 6.45) is 0. The van der Waals surface area contributed by atoms with Crippen molar-refractivity contribution in [2.45, 2.75) is 32.2 Å². The van der Waals surface area contributed by atoms with E-state index in [9.17, 15) is 4.79 Å². The Hall–Kier alpha value is -2.64. The number of thioether (sulfide) groups is 1. The molecule has 0 aliphatic carbocycles. The first kappa shape index (κ1) is 21.1. The normalized spacial score (nSPS) is 10.9. The Morgan fingerprint density at radius 1 is 1.14 bits per heavy atom. The first-order valence-electron chi connectivity index (χ1n) is 9.59. The van der Waals surface area contributed by atoms with Gasteiger partial charge in [-0.25, -0.2) is 0 Å². The summed E-state index contributed by atoms with van der Waals surface area (Å²) in [5.41, 5.74) is 4.35. The zero-order valence-electron chi connectivity index (χ0n) is 17.0. The summed E-state index contributed by atoms with van der Waals surface area (Å²) in [6.45, 7) is 5.72. The number of benzene rings is 2. The van der Waals surface area contributed by atoms with Gasteiger partial charge in [-0.3, -0.25) is 4.79 Å². The molecule has 0 unspecified atom stereocenters. The minimum absolute atomic E-state index is 0.0404. The van der Waals surface area contributed by atoms with Crippen molar-refractivity contribution >= 4 is 17.7 Å². The molecule has 1 aromatic heterocycles. The minimum atomic E-state index is -0.0404. The molecular formula is C22H26N4O2S. The Labute approximate surface area is 175 Å². The van der Waals surface area contributed by atoms with E-state index in [4.69, 9.17) is 4.74 Å². The number of rotatable bonds is 9. The molecule has 1 amide bonds. The Bertz CT molecular complexity index is 971. The number of carbonyl (C=O) groups excluding carboxylic acids is 1. The van der Waals surface area contributed by atoms with E-state index in [1.165, 1.54) is 17.3 Å². The second-order valence-corrected chi connectivity index (χ2v) is 7.65. The van der Waals surface area contributed by atoms with Gasteiger partial charge >= 0.3 is 0 Å². The lowest BCUT2D eigenvalue weighted by Gasteiger charge is -2.10. The van der Waals surface area contributed by atoms with Crippen LogP contribution in [0.1, 0.15) is 23.6 Å². The van der Waals surface area contributed by atoms with Crippen molar-refractivity contribution in [1.29, 1.82) is 0 Å². The molecule has 3 aromatic rings. The average molecular weight is 411 g/mol. The number of hydrogen-bond donors (Lipinski definition) is 1. The summed E-state index contributed by atoms with van der Waals surface area (Å²) in [7, 11) is 1.92. The molecule has 0 bridgehead atoms. The van der Waals surface area contributed by atoms with Gasteiger partial charge < -0.3 is 14.6 Å². The van der Waals surface area contributed by atoms with E-state index in [0.29, 0.717) is 24.9 Å². The van der Waals surface area contributed by atoms with Gasteiger partial charge in [0.2, 0.25) is 5.91 Å². The quantitative estimate of drug-likeness (QED) is 0.544. The molecular weight excluding hydrogens is 384 g/mol. The second-order valence-electron chi connectivity index (χ2n) is 6.71. The predicted molar refractivity (Wildman–Crippen MR) is 116 cm³/mol. The third-order valence-corrected chi connectivity index (χ3v) is 5.52. The molecule has 7 heteroatoms. The van der Waals surface area contributed by atoms with Crippen molar-refractivity contribution in [2.24, 2.45) is 7.05 Å². The Morgan fingerprint density at radius 2 is 1.93 bits per heavy atom. The lowest BCUT2D eigenvalue weighted by atomic mass is 10.1. The van der Waals surface area contributed by atoms with E-state index in [1.807, 2.05) is 67.9 Å². The number of ether oxygens (including phenoxy) is 1. The smallest absolute Gasteiger partial charge is 0.230 e. The van der Waals surface area contributed by atoms with Crippen molar-refractivity contribution < 1.29 is 9.53 Å². The number of nitrogens with zero attached hydrogens (tertiary/aromatic N) is 3. The zero-order valence-corrected chi connectivity index (χ0v) is 17.8. The van der Waals surface area contributed by atoms with Gasteiger partial charge in [0.05, 0.1) is 12.4 Å². The predicted octanol–water partition coefficient (Wildman–Crippen LogP) is 3.74. The van der Waals surface area contributed by atoms with Crippen LogP contribution < -0.4 is 5.32 Å². The zero-order chi connectivity index (χ0) is 20.6. The van der Waals surface area contributed by atoms with Gasteiger partial charge in [0.15, 0.2) is 11.0 Å². The molecule has 152 valence electrons. The highest BCUT2D eigenvalue weighted by Gasteiger charge is 2.13. The van der Waals surface area contributed by atoms with Crippen LogP contribution in [0.2, 0.25) is 0 Å². The number of hydrogen-bond acceptors (Lipinski definition) is 5. The van der Waals surface area contributed by atoms with Gasteiger partial charge in [-0.15, -0.1) is 10.2 Å². The van der Waals surface area contributed by atoms with Crippen LogP contribution in [-0.4, -0.2) is 33.0 Å². The lowest BCUT2D eigenvalue weighted by Crippen LogP contribution is -2.25. The highest BCUT2D eigenvalue weighted by molar-refractivity contribution is 7.99. The monoisotopic (exact) mass is 410 g/mol. The van der Waals surface area contributed by atoms with Gasteiger partial charge in [0.25, 0.3) is 0 Å². The summed E-state index contributed by atoms with van der Waals surface area (Å²) in [6, 6.07) is 16.1. The molecule has 6 nitrogen and oxygen atoms in total. The summed E-state index contributed by atoms with van der Waals surface area (Å²) in [5, 5.41) is 12.2. The molecule has 0 aliphatic rings. The van der Waals surface area contributed by atoms with Crippen molar-refractivity contribution in [3.05, 3.63) is 65.2 Å². The molecule has 0 fully saturated rings. The molecule has 0 radical (unpaired) electrons. The maximum atomic E-state index is 12.3. The van der Waals surface area contributed by atoms with Crippen LogP contribution in [-0.2, 0) is 29.7 Å². The summed E-state index contributed by atoms with van der Waals surface area (Å²) >= 11 is 1.38. The molecule has 2 aromatic carbocycles. The summed E-state index contributed by atoms with van der Waals surface area (Å²) in [5.74, 6) is 1.04. The fraction of sp³-hybridized carbons (Fsp3) is 0.318. The van der Waals surface area contributed by atoms with Gasteiger partial charge in [-0.1, -0.05) is 59.8 Å². The maximum absolute atomic E-state index is 12.3. The van der Waals surface area contributed by atoms with E-state index >= 15 is 0 Å². The highest BCUT2D eigenvalue weighted by Crippen LogP contribution is 2.23. The van der Waals surface area contributed by atoms with Gasteiger partial charge in [-0.2, -0.15) is 0 Å². The highest BCUT2D eigenvalue weighted by atomic mass is 32.2. The number of carbonyl (C=O) groups is 1. The van der Waals surface area contributed by atoms with E-state index in [0.717, 1.165) is 22.5 Å². The van der Waals surface area contributed by atoms with Crippen LogP contribution in [0.3, 0.4) is 0 Å². The summed E-state index contributed by atoms with van der Waals surface area (Å²) in [4.78, 5) is 12.3. The van der Waals surface area contributed by atoms with Crippen LogP contribution in [0.15, 0.2) is 53.7 Å². The summed E-state index contributed by atoms with van der Waals surface area (Å²) < 4.78 is 7.42. The Kier molecular flexibility index (Phi) is 7.43. The van der Waals surface area contributed by atoms with E-state index in [-0.39, 0.29) is 11.7 Å². The molecule has 0 saturated heterocycles. The Balaban J connectivity index is 1.55. The molecule has 3 rings (SSSR count). The number of aromatic nitrogens is 3. The largest absolute Gasteiger partial charge is 0.377 e. The second kappa shape index (κ2) is 10.2. The van der Waals surface area contributed by atoms with Crippen molar-refractivity contribution in [2.75, 3.05) is 12.4 Å². The number of amides is 1. The van der Waals surface area contributed by atoms with Gasteiger partial charge in [0, 0.05) is 25.8 Å². The van der Waals surface area contributed by atoms with Crippen LogP contribution in [0.4, 0.5) is 0 Å². The standard InChI is InChI=1S/C22H26N4O2S/c1-4-28-14-19-10-6-5-9-18(19)13-23-20(27)15-29-22-25-24-21(26(22)3)17-11-7-8-16(2)12-17/h5-12H,4,13-15H2,1-3H3,(H,23,27). The molecule has 1 heterocycles. The third kappa shape index (κ3) is 5.68. The van der Waals surface area contributed by atoms with Crippen LogP contribution >= 0.6 is 11.8 Å². The van der Waals surface area contributed by atoms with Crippen molar-refractivity contribution in [3.63, 3.8) is 0 Å². The molecule has 0 aliphatic heterocycles. The third-order valence-electron chi connectivity index (χ3n) is 4.50. The maximum Gasteiger partial charge on any atom is 0.230 e. The van der Waals surface area contributed by atoms with Crippen molar-refractivity contribution in [1.82, 2.24) is 20.1 Å². The molecule has 0 saturated carbocycles. The average Bonchev–Trinajstić information content (AvgIpc) is 3.10. The van der Waals surface area contributed by atoms with Crippen molar-refractivity contribution in [3.8, 4) is 11.4 Å². The van der Waals surface area contributed by atoms with Crippen LogP contribution in [0.25, 0.3) is 11.4 Å². The van der Waals surface area contributed by atoms with Crippen LogP contribution in [0, 0.1) is 6.92 Å². The molecule has 0 spiro atoms. The first-order chi connectivity index (χ1) is 14.1. The van der Waals surface area contributed by atoms with E-state index in [1.54, 1.807) is 0 Å². The SMILES string of the molecule is CCOCc1ccccc1CNC(=O)CSc1nnc(-c2cccc(C)c2)n1C. The molecule has 0 atom stereocenters. The van der Waals surface area contributed by atoms with Gasteiger partial charge in [0.1, 0.15) is 0 Å². The topological polar surface area (TPSA) is 69.0 Å². The molecule has 1 N–H and O–H groups in total. The minimum Gasteiger partial charge on any atom is -0.377 e.